The summed E-state index contributed by atoms with van der Waals surface area (Å²) >= 11 is 0. The standard InChI is InChI=1S/C20H26N4O5/c1-13-7-9-20(10-8-13)18(27)24(19(28)21-20)22-16(25)12-29-17(26)14-5-4-6-15(11-14)23(2)3/h4-6,11,13H,7-10,12H2,1-3H3,(H,21,28)(H,22,25). The molecule has 2 aliphatic rings. The molecule has 1 aromatic carbocycles. The summed E-state index contributed by atoms with van der Waals surface area (Å²) < 4.78 is 5.02. The number of benzene rings is 1. The summed E-state index contributed by atoms with van der Waals surface area (Å²) in [7, 11) is 3.69. The van der Waals surface area contributed by atoms with Crippen molar-refractivity contribution in [1.82, 2.24) is 15.8 Å². The molecule has 29 heavy (non-hydrogen) atoms. The first-order valence-corrected chi connectivity index (χ1v) is 9.62. The Hall–Kier alpha value is -3.10. The second-order valence-corrected chi connectivity index (χ2v) is 7.89. The topological polar surface area (TPSA) is 108 Å². The van der Waals surface area contributed by atoms with Crippen LogP contribution in [0, 0.1) is 5.92 Å². The zero-order valence-corrected chi connectivity index (χ0v) is 16.9. The van der Waals surface area contributed by atoms with E-state index in [4.69, 9.17) is 4.74 Å². The van der Waals surface area contributed by atoms with E-state index < -0.39 is 36.0 Å². The average Bonchev–Trinajstić information content (AvgIpc) is 2.92. The lowest BCUT2D eigenvalue weighted by Crippen LogP contribution is -2.52. The number of anilines is 1. The highest BCUT2D eigenvalue weighted by molar-refractivity contribution is 6.08. The van der Waals surface area contributed by atoms with Crippen LogP contribution >= 0.6 is 0 Å². The normalized spacial score (nSPS) is 23.7. The Morgan fingerprint density at radius 1 is 1.28 bits per heavy atom. The maximum absolute atomic E-state index is 12.7. The van der Waals surface area contributed by atoms with E-state index in [9.17, 15) is 19.2 Å². The molecule has 4 amide bonds. The zero-order valence-electron chi connectivity index (χ0n) is 16.9. The third-order valence-electron chi connectivity index (χ3n) is 5.46. The number of urea groups is 1. The highest BCUT2D eigenvalue weighted by Gasteiger charge is 2.52. The molecular weight excluding hydrogens is 376 g/mol. The molecule has 3 rings (SSSR count). The molecule has 1 saturated heterocycles. The molecule has 1 saturated carbocycles. The van der Waals surface area contributed by atoms with Crippen molar-refractivity contribution < 1.29 is 23.9 Å². The van der Waals surface area contributed by atoms with E-state index in [1.807, 2.05) is 25.1 Å². The minimum absolute atomic E-state index is 0.300. The number of ether oxygens (including phenoxy) is 1. The van der Waals surface area contributed by atoms with Crippen LogP contribution in [-0.2, 0) is 14.3 Å². The predicted octanol–water partition coefficient (Wildman–Crippen LogP) is 1.44. The first-order valence-electron chi connectivity index (χ1n) is 9.62. The van der Waals surface area contributed by atoms with Gasteiger partial charge in [0, 0.05) is 19.8 Å². The molecule has 0 radical (unpaired) electrons. The fourth-order valence-corrected chi connectivity index (χ4v) is 3.60. The summed E-state index contributed by atoms with van der Waals surface area (Å²) in [6.07, 6.45) is 2.75. The number of nitrogens with one attached hydrogen (secondary N) is 2. The summed E-state index contributed by atoms with van der Waals surface area (Å²) in [5.74, 6) is -1.39. The number of rotatable bonds is 5. The van der Waals surface area contributed by atoms with Gasteiger partial charge in [-0.25, -0.2) is 9.59 Å². The Bertz CT molecular complexity index is 830. The summed E-state index contributed by atoms with van der Waals surface area (Å²) in [6, 6.07) is 6.11. The first-order chi connectivity index (χ1) is 13.7. The molecule has 1 spiro atoms. The molecule has 1 aliphatic heterocycles. The molecule has 0 unspecified atom stereocenters. The van der Waals surface area contributed by atoms with Gasteiger partial charge in [0.1, 0.15) is 5.54 Å². The zero-order chi connectivity index (χ0) is 21.2. The second-order valence-electron chi connectivity index (χ2n) is 7.89. The molecule has 1 aromatic rings. The highest BCUT2D eigenvalue weighted by atomic mass is 16.5. The van der Waals surface area contributed by atoms with E-state index >= 15 is 0 Å². The van der Waals surface area contributed by atoms with Crippen LogP contribution in [0.1, 0.15) is 43.0 Å². The third-order valence-corrected chi connectivity index (χ3v) is 5.46. The van der Waals surface area contributed by atoms with Gasteiger partial charge in [0.2, 0.25) is 0 Å². The Balaban J connectivity index is 1.55. The molecule has 1 aliphatic carbocycles. The maximum atomic E-state index is 12.7. The molecule has 9 nitrogen and oxygen atoms in total. The van der Waals surface area contributed by atoms with Crippen LogP contribution < -0.4 is 15.6 Å². The quantitative estimate of drug-likeness (QED) is 0.570. The predicted molar refractivity (Wildman–Crippen MR) is 105 cm³/mol. The van der Waals surface area contributed by atoms with Crippen LogP contribution in [0.4, 0.5) is 10.5 Å². The SMILES string of the molecule is CC1CCC2(CC1)NC(=O)N(NC(=O)COC(=O)c1cccc(N(C)C)c1)C2=O. The second kappa shape index (κ2) is 8.10. The van der Waals surface area contributed by atoms with E-state index in [2.05, 4.69) is 17.7 Å². The van der Waals surface area contributed by atoms with E-state index in [-0.39, 0.29) is 0 Å². The molecule has 9 heteroatoms. The van der Waals surface area contributed by atoms with Crippen molar-refractivity contribution in [2.75, 3.05) is 25.6 Å². The first kappa shape index (κ1) is 20.6. The van der Waals surface area contributed by atoms with Gasteiger partial charge < -0.3 is 15.0 Å². The number of amides is 4. The van der Waals surface area contributed by atoms with Gasteiger partial charge >= 0.3 is 12.0 Å². The number of nitrogens with zero attached hydrogens (tertiary/aromatic N) is 2. The molecular formula is C20H26N4O5. The van der Waals surface area contributed by atoms with Crippen molar-refractivity contribution in [3.63, 3.8) is 0 Å². The Kier molecular flexibility index (Phi) is 5.76. The fraction of sp³-hybridized carbons (Fsp3) is 0.500. The summed E-state index contributed by atoms with van der Waals surface area (Å²) in [6.45, 7) is 1.50. The van der Waals surface area contributed by atoms with Gasteiger partial charge in [-0.3, -0.25) is 15.0 Å². The van der Waals surface area contributed by atoms with Gasteiger partial charge in [-0.05, 0) is 49.8 Å². The fourth-order valence-electron chi connectivity index (χ4n) is 3.60. The number of imide groups is 1. The van der Waals surface area contributed by atoms with Gasteiger partial charge in [0.05, 0.1) is 5.56 Å². The maximum Gasteiger partial charge on any atom is 0.344 e. The van der Waals surface area contributed by atoms with E-state index in [0.717, 1.165) is 18.5 Å². The lowest BCUT2D eigenvalue weighted by Gasteiger charge is -2.33. The van der Waals surface area contributed by atoms with Crippen molar-refractivity contribution in [3.05, 3.63) is 29.8 Å². The molecule has 0 aromatic heterocycles. The smallest absolute Gasteiger partial charge is 0.344 e. The number of carbonyl (C=O) groups is 4. The minimum Gasteiger partial charge on any atom is -0.452 e. The highest BCUT2D eigenvalue weighted by Crippen LogP contribution is 2.35. The van der Waals surface area contributed by atoms with Crippen molar-refractivity contribution in [3.8, 4) is 0 Å². The molecule has 2 N–H and O–H groups in total. The van der Waals surface area contributed by atoms with E-state index in [1.54, 1.807) is 18.2 Å². The lowest BCUT2D eigenvalue weighted by molar-refractivity contribution is -0.141. The van der Waals surface area contributed by atoms with Crippen molar-refractivity contribution >= 4 is 29.5 Å². The monoisotopic (exact) mass is 402 g/mol. The van der Waals surface area contributed by atoms with Gasteiger partial charge in [-0.15, -0.1) is 0 Å². The number of hydrogen-bond acceptors (Lipinski definition) is 6. The van der Waals surface area contributed by atoms with Gasteiger partial charge in [-0.1, -0.05) is 13.0 Å². The summed E-state index contributed by atoms with van der Waals surface area (Å²) in [5, 5.41) is 3.41. The van der Waals surface area contributed by atoms with Crippen molar-refractivity contribution in [1.29, 1.82) is 0 Å². The van der Waals surface area contributed by atoms with Gasteiger partial charge in [0.25, 0.3) is 11.8 Å². The Morgan fingerprint density at radius 2 is 1.97 bits per heavy atom. The number of carbonyl (C=O) groups excluding carboxylic acids is 4. The van der Waals surface area contributed by atoms with E-state index in [1.165, 1.54) is 0 Å². The number of hydrazine groups is 1. The molecule has 2 fully saturated rings. The minimum atomic E-state index is -0.944. The van der Waals surface area contributed by atoms with Gasteiger partial charge in [0.15, 0.2) is 6.61 Å². The Morgan fingerprint density at radius 3 is 2.62 bits per heavy atom. The summed E-state index contributed by atoms with van der Waals surface area (Å²) in [5.41, 5.74) is 2.42. The largest absolute Gasteiger partial charge is 0.452 e. The van der Waals surface area contributed by atoms with Crippen molar-refractivity contribution in [2.24, 2.45) is 5.92 Å². The lowest BCUT2D eigenvalue weighted by atomic mass is 9.77. The molecule has 0 atom stereocenters. The van der Waals surface area contributed by atoms with Gasteiger partial charge in [-0.2, -0.15) is 5.01 Å². The van der Waals surface area contributed by atoms with Crippen LogP contribution in [0.5, 0.6) is 0 Å². The average molecular weight is 402 g/mol. The number of esters is 1. The van der Waals surface area contributed by atoms with Crippen molar-refractivity contribution in [2.45, 2.75) is 38.1 Å². The van der Waals surface area contributed by atoms with Crippen LogP contribution in [0.25, 0.3) is 0 Å². The molecule has 0 bridgehead atoms. The van der Waals surface area contributed by atoms with Crippen LogP contribution in [0.3, 0.4) is 0 Å². The van der Waals surface area contributed by atoms with E-state index in [0.29, 0.717) is 29.3 Å². The van der Waals surface area contributed by atoms with Crippen LogP contribution in [-0.4, -0.2) is 55.1 Å². The Labute approximate surface area is 169 Å². The van der Waals surface area contributed by atoms with Crippen LogP contribution in [0.2, 0.25) is 0 Å². The number of hydrogen-bond donors (Lipinski definition) is 2. The third kappa shape index (κ3) is 4.33. The van der Waals surface area contributed by atoms with Crippen LogP contribution in [0.15, 0.2) is 24.3 Å². The molecule has 156 valence electrons. The molecule has 1 heterocycles. The summed E-state index contributed by atoms with van der Waals surface area (Å²) in [4.78, 5) is 51.1.